The Morgan fingerprint density at radius 1 is 1.18 bits per heavy atom. The fraction of sp³-hybridized carbons (Fsp3) is 0.353. The van der Waals surface area contributed by atoms with Gasteiger partial charge in [0.05, 0.1) is 5.56 Å². The lowest BCUT2D eigenvalue weighted by molar-refractivity contribution is -0.0490. The molecule has 5 heteroatoms. The Morgan fingerprint density at radius 3 is 2.32 bits per heavy atom. The molecule has 118 valence electrons. The van der Waals surface area contributed by atoms with Crippen molar-refractivity contribution >= 4 is 16.5 Å². The zero-order valence-electron chi connectivity index (χ0n) is 13.2. The van der Waals surface area contributed by atoms with Crippen molar-refractivity contribution in [2.75, 3.05) is 5.73 Å². The molecule has 0 bridgehead atoms. The molecule has 0 unspecified atom stereocenters. The standard InChI is InChI=1S/C15H14F2N2O.C2H6/c1-8(2)12-6-11(19)5-9-3-4-10(7-18)14(13(9)12)20-15(16)17;1-2/h3-6,8,15H,19H2,1-2H3;1-2H3. The lowest BCUT2D eigenvalue weighted by atomic mass is 9.93. The van der Waals surface area contributed by atoms with Crippen molar-refractivity contribution < 1.29 is 13.5 Å². The third-order valence-electron chi connectivity index (χ3n) is 3.07. The number of alkyl halides is 2. The second-order valence-electron chi connectivity index (χ2n) is 4.80. The van der Waals surface area contributed by atoms with Gasteiger partial charge in [-0.3, -0.25) is 0 Å². The van der Waals surface area contributed by atoms with Crippen molar-refractivity contribution in [3.8, 4) is 11.8 Å². The van der Waals surface area contributed by atoms with E-state index in [1.807, 2.05) is 33.8 Å². The largest absolute Gasteiger partial charge is 0.433 e. The van der Waals surface area contributed by atoms with E-state index < -0.39 is 6.61 Å². The van der Waals surface area contributed by atoms with E-state index in [-0.39, 0.29) is 17.2 Å². The highest BCUT2D eigenvalue weighted by Crippen LogP contribution is 2.37. The second kappa shape index (κ2) is 7.60. The first-order chi connectivity index (χ1) is 10.4. The molecule has 2 aromatic rings. The summed E-state index contributed by atoms with van der Waals surface area (Å²) in [6.07, 6.45) is 0. The van der Waals surface area contributed by atoms with E-state index in [0.29, 0.717) is 16.5 Å². The molecule has 2 aromatic carbocycles. The van der Waals surface area contributed by atoms with Crippen LogP contribution in [0.3, 0.4) is 0 Å². The molecular formula is C17H20F2N2O. The topological polar surface area (TPSA) is 59.0 Å². The minimum absolute atomic E-state index is 0.0648. The van der Waals surface area contributed by atoms with Gasteiger partial charge in [-0.2, -0.15) is 14.0 Å². The second-order valence-corrected chi connectivity index (χ2v) is 4.80. The monoisotopic (exact) mass is 306 g/mol. The lowest BCUT2D eigenvalue weighted by Crippen LogP contribution is -2.06. The molecule has 0 aromatic heterocycles. The van der Waals surface area contributed by atoms with Crippen LogP contribution in [0.15, 0.2) is 24.3 Å². The molecule has 2 N–H and O–H groups in total. The van der Waals surface area contributed by atoms with E-state index >= 15 is 0 Å². The average Bonchev–Trinajstić information content (AvgIpc) is 2.48. The Labute approximate surface area is 129 Å². The van der Waals surface area contributed by atoms with Gasteiger partial charge in [-0.25, -0.2) is 0 Å². The number of benzene rings is 2. The molecule has 0 spiro atoms. The quantitative estimate of drug-likeness (QED) is 0.808. The fourth-order valence-corrected chi connectivity index (χ4v) is 2.24. The first-order valence-electron chi connectivity index (χ1n) is 7.15. The molecule has 0 atom stereocenters. The highest BCUT2D eigenvalue weighted by atomic mass is 19.3. The maximum absolute atomic E-state index is 12.6. The van der Waals surface area contributed by atoms with Crippen molar-refractivity contribution in [3.63, 3.8) is 0 Å². The van der Waals surface area contributed by atoms with E-state index in [1.54, 1.807) is 18.2 Å². The Bertz CT molecular complexity index is 691. The van der Waals surface area contributed by atoms with Gasteiger partial charge >= 0.3 is 6.61 Å². The summed E-state index contributed by atoms with van der Waals surface area (Å²) >= 11 is 0. The zero-order chi connectivity index (χ0) is 16.9. The van der Waals surface area contributed by atoms with Crippen LogP contribution in [0.25, 0.3) is 10.8 Å². The fourth-order valence-electron chi connectivity index (χ4n) is 2.24. The van der Waals surface area contributed by atoms with Gasteiger partial charge in [0.25, 0.3) is 0 Å². The van der Waals surface area contributed by atoms with Crippen LogP contribution in [0.4, 0.5) is 14.5 Å². The molecule has 0 aliphatic rings. The van der Waals surface area contributed by atoms with Gasteiger partial charge in [-0.15, -0.1) is 0 Å². The number of nitriles is 1. The van der Waals surface area contributed by atoms with Crippen molar-refractivity contribution in [1.29, 1.82) is 5.26 Å². The summed E-state index contributed by atoms with van der Waals surface area (Å²) in [4.78, 5) is 0. The minimum atomic E-state index is -2.98. The summed E-state index contributed by atoms with van der Waals surface area (Å²) in [7, 11) is 0. The summed E-state index contributed by atoms with van der Waals surface area (Å²) < 4.78 is 29.8. The molecule has 0 heterocycles. The predicted molar refractivity (Wildman–Crippen MR) is 85.1 cm³/mol. The van der Waals surface area contributed by atoms with Crippen LogP contribution >= 0.6 is 0 Å². The molecule has 0 saturated heterocycles. The normalized spacial score (nSPS) is 10.3. The number of ether oxygens (including phenoxy) is 1. The SMILES string of the molecule is CC.CC(C)c1cc(N)cc2ccc(C#N)c(OC(F)F)c12. The van der Waals surface area contributed by atoms with E-state index in [2.05, 4.69) is 4.74 Å². The van der Waals surface area contributed by atoms with Gasteiger partial charge in [0, 0.05) is 11.1 Å². The van der Waals surface area contributed by atoms with E-state index in [0.717, 1.165) is 5.56 Å². The van der Waals surface area contributed by atoms with Crippen molar-refractivity contribution in [2.45, 2.75) is 40.2 Å². The summed E-state index contributed by atoms with van der Waals surface area (Å²) in [5.74, 6) is -0.0151. The summed E-state index contributed by atoms with van der Waals surface area (Å²) in [5.41, 5.74) is 7.25. The maximum Gasteiger partial charge on any atom is 0.387 e. The molecule has 0 saturated carbocycles. The average molecular weight is 306 g/mol. The van der Waals surface area contributed by atoms with Crippen LogP contribution in [0.5, 0.6) is 5.75 Å². The van der Waals surface area contributed by atoms with Crippen molar-refractivity contribution in [2.24, 2.45) is 0 Å². The molecular weight excluding hydrogens is 286 g/mol. The molecule has 3 nitrogen and oxygen atoms in total. The number of hydrogen-bond donors (Lipinski definition) is 1. The summed E-state index contributed by atoms with van der Waals surface area (Å²) in [5, 5.41) is 10.3. The van der Waals surface area contributed by atoms with Gasteiger partial charge in [0.2, 0.25) is 0 Å². The predicted octanol–water partition coefficient (Wildman–Crippen LogP) is 5.04. The van der Waals surface area contributed by atoms with E-state index in [1.165, 1.54) is 6.07 Å². The van der Waals surface area contributed by atoms with Crippen LogP contribution in [0.1, 0.15) is 44.7 Å². The number of anilines is 1. The summed E-state index contributed by atoms with van der Waals surface area (Å²) in [6, 6.07) is 8.44. The Morgan fingerprint density at radius 2 is 1.82 bits per heavy atom. The Balaban J connectivity index is 0.00000116. The first kappa shape index (κ1) is 17.7. The molecule has 0 amide bonds. The number of nitrogen functional groups attached to an aromatic ring is 1. The highest BCUT2D eigenvalue weighted by molar-refractivity contribution is 5.95. The highest BCUT2D eigenvalue weighted by Gasteiger charge is 2.18. The van der Waals surface area contributed by atoms with Crippen LogP contribution < -0.4 is 10.5 Å². The number of rotatable bonds is 3. The number of hydrogen-bond acceptors (Lipinski definition) is 3. The third-order valence-corrected chi connectivity index (χ3v) is 3.07. The van der Waals surface area contributed by atoms with Crippen molar-refractivity contribution in [1.82, 2.24) is 0 Å². The van der Waals surface area contributed by atoms with Crippen LogP contribution in [0, 0.1) is 11.3 Å². The number of halogens is 2. The number of nitrogens with zero attached hydrogens (tertiary/aromatic N) is 1. The van der Waals surface area contributed by atoms with Gasteiger partial charge < -0.3 is 10.5 Å². The lowest BCUT2D eigenvalue weighted by Gasteiger charge is -2.16. The van der Waals surface area contributed by atoms with Crippen LogP contribution in [0.2, 0.25) is 0 Å². The van der Waals surface area contributed by atoms with Gasteiger partial charge in [-0.05, 0) is 35.1 Å². The van der Waals surface area contributed by atoms with Gasteiger partial charge in [0.1, 0.15) is 6.07 Å². The van der Waals surface area contributed by atoms with Crippen LogP contribution in [-0.2, 0) is 0 Å². The molecule has 2 rings (SSSR count). The number of fused-ring (bicyclic) bond motifs is 1. The molecule has 0 fully saturated rings. The molecule has 0 radical (unpaired) electrons. The van der Waals surface area contributed by atoms with Gasteiger partial charge in [0.15, 0.2) is 5.75 Å². The Hall–Kier alpha value is -2.35. The summed E-state index contributed by atoms with van der Waals surface area (Å²) in [6.45, 7) is 4.88. The molecule has 0 aliphatic carbocycles. The smallest absolute Gasteiger partial charge is 0.387 e. The van der Waals surface area contributed by atoms with Gasteiger partial charge in [-0.1, -0.05) is 33.8 Å². The van der Waals surface area contributed by atoms with Crippen LogP contribution in [-0.4, -0.2) is 6.61 Å². The first-order valence-corrected chi connectivity index (χ1v) is 7.15. The number of nitrogens with two attached hydrogens (primary N) is 1. The zero-order valence-corrected chi connectivity index (χ0v) is 13.2. The van der Waals surface area contributed by atoms with E-state index in [4.69, 9.17) is 11.0 Å². The van der Waals surface area contributed by atoms with E-state index in [9.17, 15) is 8.78 Å². The molecule has 0 aliphatic heterocycles. The minimum Gasteiger partial charge on any atom is -0.433 e. The maximum atomic E-state index is 12.6. The molecule has 22 heavy (non-hydrogen) atoms. The Kier molecular flexibility index (Phi) is 6.11. The van der Waals surface area contributed by atoms with Crippen molar-refractivity contribution in [3.05, 3.63) is 35.4 Å². The third kappa shape index (κ3) is 3.64.